The highest BCUT2D eigenvalue weighted by molar-refractivity contribution is 5.76. The van der Waals surface area contributed by atoms with Gasteiger partial charge in [0.1, 0.15) is 5.82 Å². The molecule has 7 heteroatoms. The van der Waals surface area contributed by atoms with Crippen molar-refractivity contribution in [2.24, 2.45) is 5.92 Å². The van der Waals surface area contributed by atoms with Crippen molar-refractivity contribution in [3.8, 4) is 11.4 Å². The first kappa shape index (κ1) is 19.1. The summed E-state index contributed by atoms with van der Waals surface area (Å²) in [5.41, 5.74) is 0.724. The second kappa shape index (κ2) is 8.82. The van der Waals surface area contributed by atoms with Gasteiger partial charge in [0.15, 0.2) is 0 Å². The highest BCUT2D eigenvalue weighted by Gasteiger charge is 2.29. The molecule has 0 spiro atoms. The van der Waals surface area contributed by atoms with Crippen molar-refractivity contribution >= 4 is 5.91 Å². The molecule has 1 amide bonds. The Morgan fingerprint density at radius 3 is 2.79 bits per heavy atom. The van der Waals surface area contributed by atoms with E-state index in [0.29, 0.717) is 30.6 Å². The number of likely N-dealkylation sites (tertiary alicyclic amines) is 1. The Balaban J connectivity index is 1.34. The zero-order chi connectivity index (χ0) is 19.3. The van der Waals surface area contributed by atoms with Crippen molar-refractivity contribution in [1.82, 2.24) is 20.4 Å². The Bertz CT molecular complexity index is 786. The number of nitrogens with one attached hydrogen (secondary N) is 1. The molecule has 2 fully saturated rings. The van der Waals surface area contributed by atoms with Crippen molar-refractivity contribution < 1.29 is 13.7 Å². The van der Waals surface area contributed by atoms with Gasteiger partial charge in [0.25, 0.3) is 0 Å². The monoisotopic (exact) mass is 386 g/mol. The third kappa shape index (κ3) is 4.58. The maximum atomic E-state index is 13.1. The van der Waals surface area contributed by atoms with Crippen LogP contribution in [0.25, 0.3) is 11.4 Å². The lowest BCUT2D eigenvalue weighted by Crippen LogP contribution is -2.39. The molecule has 2 saturated heterocycles. The van der Waals surface area contributed by atoms with E-state index in [1.54, 1.807) is 12.1 Å². The molecule has 2 aliphatic heterocycles. The van der Waals surface area contributed by atoms with Crippen molar-refractivity contribution in [3.05, 3.63) is 36.0 Å². The van der Waals surface area contributed by atoms with Gasteiger partial charge in [-0.05, 0) is 75.4 Å². The van der Waals surface area contributed by atoms with Gasteiger partial charge in [-0.3, -0.25) is 4.79 Å². The zero-order valence-electron chi connectivity index (χ0n) is 16.1. The van der Waals surface area contributed by atoms with Crippen molar-refractivity contribution in [3.63, 3.8) is 0 Å². The van der Waals surface area contributed by atoms with Gasteiger partial charge < -0.3 is 14.7 Å². The van der Waals surface area contributed by atoms with E-state index in [0.717, 1.165) is 44.5 Å². The van der Waals surface area contributed by atoms with E-state index in [1.807, 2.05) is 4.90 Å². The third-order valence-electron chi connectivity index (χ3n) is 5.89. The van der Waals surface area contributed by atoms with Gasteiger partial charge in [0.05, 0.1) is 5.92 Å². The molecule has 1 unspecified atom stereocenters. The number of benzene rings is 1. The molecule has 1 atom stereocenters. The topological polar surface area (TPSA) is 71.3 Å². The average Bonchev–Trinajstić information content (AvgIpc) is 3.24. The van der Waals surface area contributed by atoms with Gasteiger partial charge in [-0.2, -0.15) is 4.98 Å². The fourth-order valence-corrected chi connectivity index (χ4v) is 4.18. The molecular formula is C21H27FN4O2. The fraction of sp³-hybridized carbons (Fsp3) is 0.571. The van der Waals surface area contributed by atoms with Gasteiger partial charge >= 0.3 is 0 Å². The van der Waals surface area contributed by atoms with Crippen LogP contribution in [-0.4, -0.2) is 47.1 Å². The Morgan fingerprint density at radius 2 is 2.00 bits per heavy atom. The maximum absolute atomic E-state index is 13.1. The van der Waals surface area contributed by atoms with Crippen LogP contribution in [0.15, 0.2) is 28.8 Å². The highest BCUT2D eigenvalue weighted by Crippen LogP contribution is 2.28. The minimum atomic E-state index is -0.293. The Kier molecular flexibility index (Phi) is 6.00. The molecule has 1 aromatic heterocycles. The van der Waals surface area contributed by atoms with Gasteiger partial charge in [-0.1, -0.05) is 5.16 Å². The second-order valence-electron chi connectivity index (χ2n) is 7.87. The minimum absolute atomic E-state index is 0.0679. The molecule has 6 nitrogen and oxygen atoms in total. The molecule has 0 saturated carbocycles. The van der Waals surface area contributed by atoms with Crippen LogP contribution in [0.5, 0.6) is 0 Å². The first-order valence-electron chi connectivity index (χ1n) is 10.3. The Hall–Kier alpha value is -2.28. The van der Waals surface area contributed by atoms with E-state index < -0.39 is 0 Å². The molecule has 2 aromatic rings. The summed E-state index contributed by atoms with van der Waals surface area (Å²) in [6.07, 6.45) is 5.83. The quantitative estimate of drug-likeness (QED) is 0.853. The molecular weight excluding hydrogens is 359 g/mol. The van der Waals surface area contributed by atoms with Crippen molar-refractivity contribution in [2.45, 2.75) is 44.4 Å². The lowest BCUT2D eigenvalue weighted by Gasteiger charge is -2.31. The molecule has 0 aliphatic carbocycles. The molecule has 1 aromatic carbocycles. The summed E-state index contributed by atoms with van der Waals surface area (Å²) < 4.78 is 18.6. The van der Waals surface area contributed by atoms with Crippen LogP contribution < -0.4 is 5.32 Å². The number of carbonyl (C=O) groups excluding carboxylic acids is 1. The van der Waals surface area contributed by atoms with Crippen LogP contribution in [0.3, 0.4) is 0 Å². The molecule has 1 N–H and O–H groups in total. The van der Waals surface area contributed by atoms with Gasteiger partial charge in [0, 0.05) is 25.1 Å². The average molecular weight is 386 g/mol. The largest absolute Gasteiger partial charge is 0.342 e. The lowest BCUT2D eigenvalue weighted by molar-refractivity contribution is -0.132. The summed E-state index contributed by atoms with van der Waals surface area (Å²) in [6.45, 7) is 3.58. The molecule has 2 aliphatic rings. The van der Waals surface area contributed by atoms with Crippen LogP contribution >= 0.6 is 0 Å². The molecule has 28 heavy (non-hydrogen) atoms. The zero-order valence-corrected chi connectivity index (χ0v) is 16.1. The maximum Gasteiger partial charge on any atom is 0.231 e. The van der Waals surface area contributed by atoms with E-state index >= 15 is 0 Å². The number of amides is 1. The lowest BCUT2D eigenvalue weighted by atomic mass is 9.92. The number of nitrogens with zero attached hydrogens (tertiary/aromatic N) is 3. The number of hydrogen-bond acceptors (Lipinski definition) is 5. The van der Waals surface area contributed by atoms with Gasteiger partial charge in [-0.15, -0.1) is 0 Å². The summed E-state index contributed by atoms with van der Waals surface area (Å²) in [4.78, 5) is 19.1. The summed E-state index contributed by atoms with van der Waals surface area (Å²) in [5, 5.41) is 7.41. The molecule has 3 heterocycles. The summed E-state index contributed by atoms with van der Waals surface area (Å²) in [6, 6.07) is 6.05. The number of halogens is 1. The molecule has 4 rings (SSSR count). The van der Waals surface area contributed by atoms with Crippen LogP contribution in [0.4, 0.5) is 4.39 Å². The van der Waals surface area contributed by atoms with Crippen LogP contribution in [0.2, 0.25) is 0 Å². The highest BCUT2D eigenvalue weighted by atomic mass is 19.1. The van der Waals surface area contributed by atoms with E-state index in [2.05, 4.69) is 15.5 Å². The third-order valence-corrected chi connectivity index (χ3v) is 5.89. The predicted molar refractivity (Wildman–Crippen MR) is 103 cm³/mol. The normalized spacial score (nSPS) is 21.0. The Labute approximate surface area is 164 Å². The first-order valence-corrected chi connectivity index (χ1v) is 10.3. The summed E-state index contributed by atoms with van der Waals surface area (Å²) >= 11 is 0. The molecule has 150 valence electrons. The number of aromatic nitrogens is 2. The predicted octanol–water partition coefficient (Wildman–Crippen LogP) is 3.36. The van der Waals surface area contributed by atoms with E-state index in [4.69, 9.17) is 4.52 Å². The number of carbonyl (C=O) groups is 1. The van der Waals surface area contributed by atoms with Crippen molar-refractivity contribution in [2.75, 3.05) is 26.2 Å². The Morgan fingerprint density at radius 1 is 1.21 bits per heavy atom. The summed E-state index contributed by atoms with van der Waals surface area (Å²) in [7, 11) is 0. The standard InChI is InChI=1S/C21H27FN4O2/c22-18-6-4-16(5-7-18)20-24-21(28-25-20)17-2-1-13-26(14-17)19(27)8-3-15-9-11-23-12-10-15/h4-7,15,17,23H,1-3,8-14H2. The minimum Gasteiger partial charge on any atom is -0.342 e. The fourth-order valence-electron chi connectivity index (χ4n) is 4.18. The van der Waals surface area contributed by atoms with Crippen LogP contribution in [0, 0.1) is 11.7 Å². The number of piperidine rings is 2. The van der Waals surface area contributed by atoms with Crippen LogP contribution in [-0.2, 0) is 4.79 Å². The number of hydrogen-bond donors (Lipinski definition) is 1. The van der Waals surface area contributed by atoms with Crippen molar-refractivity contribution in [1.29, 1.82) is 0 Å². The molecule has 0 radical (unpaired) electrons. The summed E-state index contributed by atoms with van der Waals surface area (Å²) in [5.74, 6) is 1.71. The van der Waals surface area contributed by atoms with E-state index in [-0.39, 0.29) is 17.6 Å². The van der Waals surface area contributed by atoms with E-state index in [1.165, 1.54) is 25.0 Å². The smallest absolute Gasteiger partial charge is 0.231 e. The van der Waals surface area contributed by atoms with Gasteiger partial charge in [-0.25, -0.2) is 4.39 Å². The SMILES string of the molecule is O=C(CCC1CCNCC1)N1CCCC(c2nc(-c3ccc(F)cc3)no2)C1. The van der Waals surface area contributed by atoms with Gasteiger partial charge in [0.2, 0.25) is 17.6 Å². The van der Waals surface area contributed by atoms with Crippen LogP contribution in [0.1, 0.15) is 50.3 Å². The van der Waals surface area contributed by atoms with E-state index in [9.17, 15) is 9.18 Å². The molecule has 0 bridgehead atoms. The number of rotatable bonds is 5. The second-order valence-corrected chi connectivity index (χ2v) is 7.87. The first-order chi connectivity index (χ1) is 13.7.